The Kier molecular flexibility index (Phi) is 5.85. The third-order valence-electron chi connectivity index (χ3n) is 5.08. The van der Waals surface area contributed by atoms with Crippen molar-refractivity contribution in [1.82, 2.24) is 24.9 Å². The Hall–Kier alpha value is -3.09. The summed E-state index contributed by atoms with van der Waals surface area (Å²) >= 11 is 1.34. The van der Waals surface area contributed by atoms with Gasteiger partial charge in [-0.1, -0.05) is 11.3 Å². The monoisotopic (exact) mass is 483 g/mol. The van der Waals surface area contributed by atoms with Crippen molar-refractivity contribution in [2.45, 2.75) is 51.4 Å². The van der Waals surface area contributed by atoms with Gasteiger partial charge in [0.2, 0.25) is 10.1 Å². The van der Waals surface area contributed by atoms with Crippen LogP contribution in [0.2, 0.25) is 0 Å². The standard InChI is InChI=1S/C20H24F3N7O2S/c1-19(2,3)32-18(31)27-12-4-6-29(7-5-12)17-28-30-14(10-26-16(30)33-17)11-8-13(20(21,22)23)15(24)25-9-11/h8-10,12H,4-7H2,1-3H3,(H2,24,25)(H,27,31). The molecule has 0 spiro atoms. The summed E-state index contributed by atoms with van der Waals surface area (Å²) in [5.74, 6) is -0.575. The summed E-state index contributed by atoms with van der Waals surface area (Å²) in [6.45, 7) is 6.76. The van der Waals surface area contributed by atoms with E-state index in [1.807, 2.05) is 20.8 Å². The smallest absolute Gasteiger partial charge is 0.419 e. The van der Waals surface area contributed by atoms with Crippen molar-refractivity contribution >= 4 is 33.3 Å². The first-order valence-electron chi connectivity index (χ1n) is 10.3. The van der Waals surface area contributed by atoms with Gasteiger partial charge in [-0.05, 0) is 39.7 Å². The maximum Gasteiger partial charge on any atom is 0.419 e. The number of hydrogen-bond donors (Lipinski definition) is 2. The molecule has 0 atom stereocenters. The number of piperidine rings is 1. The van der Waals surface area contributed by atoms with Crippen molar-refractivity contribution in [3.8, 4) is 11.3 Å². The van der Waals surface area contributed by atoms with Crippen molar-refractivity contribution in [3.05, 3.63) is 24.0 Å². The van der Waals surface area contributed by atoms with E-state index >= 15 is 0 Å². The summed E-state index contributed by atoms with van der Waals surface area (Å²) in [4.78, 5) is 22.6. The molecule has 9 nitrogen and oxygen atoms in total. The topological polar surface area (TPSA) is 111 Å². The molecule has 0 radical (unpaired) electrons. The van der Waals surface area contributed by atoms with Crippen LogP contribution in [-0.4, -0.2) is 50.4 Å². The molecule has 0 unspecified atom stereocenters. The third kappa shape index (κ3) is 5.13. The molecule has 1 aliphatic heterocycles. The molecule has 0 saturated carbocycles. The predicted octanol–water partition coefficient (Wildman–Crippen LogP) is 3.95. The minimum Gasteiger partial charge on any atom is -0.444 e. The van der Waals surface area contributed by atoms with Gasteiger partial charge in [0.05, 0.1) is 17.5 Å². The number of alkyl carbamates (subject to hydrolysis) is 1. The second-order valence-corrected chi connectivity index (χ2v) is 9.72. The van der Waals surface area contributed by atoms with Gasteiger partial charge in [-0.2, -0.15) is 13.2 Å². The largest absolute Gasteiger partial charge is 0.444 e. The molecule has 0 aliphatic carbocycles. The number of carbonyl (C=O) groups excluding carboxylic acids is 1. The average Bonchev–Trinajstić information content (AvgIpc) is 3.27. The highest BCUT2D eigenvalue weighted by molar-refractivity contribution is 7.20. The van der Waals surface area contributed by atoms with Crippen LogP contribution < -0.4 is 16.0 Å². The second-order valence-electron chi connectivity index (χ2n) is 8.78. The lowest BCUT2D eigenvalue weighted by atomic mass is 10.1. The summed E-state index contributed by atoms with van der Waals surface area (Å²) < 4.78 is 46.5. The SMILES string of the molecule is CC(C)(C)OC(=O)NC1CCN(c2nn3c(-c4cnc(N)c(C(F)(F)F)c4)cnc3s2)CC1. The highest BCUT2D eigenvalue weighted by Gasteiger charge is 2.34. The van der Waals surface area contributed by atoms with E-state index in [9.17, 15) is 18.0 Å². The second kappa shape index (κ2) is 8.36. The number of nitrogens with two attached hydrogens (primary N) is 1. The van der Waals surface area contributed by atoms with Gasteiger partial charge in [0.25, 0.3) is 0 Å². The van der Waals surface area contributed by atoms with E-state index in [-0.39, 0.29) is 11.6 Å². The zero-order chi connectivity index (χ0) is 24.0. The summed E-state index contributed by atoms with van der Waals surface area (Å²) in [5.41, 5.74) is 4.47. The number of aromatic nitrogens is 4. The molecule has 33 heavy (non-hydrogen) atoms. The lowest BCUT2D eigenvalue weighted by molar-refractivity contribution is -0.137. The van der Waals surface area contributed by atoms with Crippen molar-refractivity contribution < 1.29 is 22.7 Å². The quantitative estimate of drug-likeness (QED) is 0.580. The summed E-state index contributed by atoms with van der Waals surface area (Å²) in [6, 6.07) is 0.955. The highest BCUT2D eigenvalue weighted by Crippen LogP contribution is 2.36. The lowest BCUT2D eigenvalue weighted by Gasteiger charge is -2.32. The highest BCUT2D eigenvalue weighted by atomic mass is 32.1. The Morgan fingerprint density at radius 3 is 2.55 bits per heavy atom. The van der Waals surface area contributed by atoms with Gasteiger partial charge >= 0.3 is 12.3 Å². The van der Waals surface area contributed by atoms with E-state index in [4.69, 9.17) is 10.5 Å². The van der Waals surface area contributed by atoms with E-state index in [0.29, 0.717) is 41.7 Å². The molecule has 4 rings (SSSR count). The fourth-order valence-corrected chi connectivity index (χ4v) is 4.47. The van der Waals surface area contributed by atoms with Crippen LogP contribution in [0.15, 0.2) is 18.5 Å². The summed E-state index contributed by atoms with van der Waals surface area (Å²) in [7, 11) is 0. The number of imidazole rings is 1. The first kappa shape index (κ1) is 23.1. The number of ether oxygens (including phenoxy) is 1. The number of anilines is 2. The number of amides is 1. The van der Waals surface area contributed by atoms with E-state index in [2.05, 4.69) is 25.3 Å². The van der Waals surface area contributed by atoms with Crippen LogP contribution in [0, 0.1) is 0 Å². The Morgan fingerprint density at radius 1 is 1.21 bits per heavy atom. The molecular formula is C20H24F3N7O2S. The third-order valence-corrected chi connectivity index (χ3v) is 6.06. The average molecular weight is 484 g/mol. The molecule has 3 aromatic rings. The van der Waals surface area contributed by atoms with E-state index in [1.54, 1.807) is 0 Å². The van der Waals surface area contributed by atoms with Crippen molar-refractivity contribution in [1.29, 1.82) is 0 Å². The number of halogens is 3. The molecule has 1 saturated heterocycles. The molecular weight excluding hydrogens is 459 g/mol. The first-order valence-corrected chi connectivity index (χ1v) is 11.1. The molecule has 1 fully saturated rings. The Labute approximate surface area is 191 Å². The first-order chi connectivity index (χ1) is 15.4. The number of nitrogens with zero attached hydrogens (tertiary/aromatic N) is 5. The Bertz CT molecular complexity index is 1160. The molecule has 0 bridgehead atoms. The zero-order valence-electron chi connectivity index (χ0n) is 18.3. The van der Waals surface area contributed by atoms with Crippen molar-refractivity contribution in [2.24, 2.45) is 0 Å². The van der Waals surface area contributed by atoms with Crippen LogP contribution in [0.3, 0.4) is 0 Å². The van der Waals surface area contributed by atoms with Gasteiger partial charge in [0.15, 0.2) is 0 Å². The molecule has 4 heterocycles. The summed E-state index contributed by atoms with van der Waals surface area (Å²) in [6.07, 6.45) is -0.876. The number of fused-ring (bicyclic) bond motifs is 1. The molecule has 3 N–H and O–H groups in total. The van der Waals surface area contributed by atoms with E-state index in [1.165, 1.54) is 28.2 Å². The Balaban J connectivity index is 1.48. The normalized spacial score (nSPS) is 15.8. The minimum absolute atomic E-state index is 0.00246. The predicted molar refractivity (Wildman–Crippen MR) is 118 cm³/mol. The van der Waals surface area contributed by atoms with Crippen LogP contribution in [0.5, 0.6) is 0 Å². The number of carbonyl (C=O) groups is 1. The van der Waals surface area contributed by atoms with Gasteiger partial charge in [-0.25, -0.2) is 19.3 Å². The number of nitrogen functional groups attached to an aromatic ring is 1. The molecule has 13 heteroatoms. The molecule has 1 aliphatic rings. The Morgan fingerprint density at radius 2 is 1.91 bits per heavy atom. The van der Waals surface area contributed by atoms with Crippen LogP contribution in [0.25, 0.3) is 16.2 Å². The van der Waals surface area contributed by atoms with Gasteiger partial charge in [0, 0.05) is 30.9 Å². The maximum atomic E-state index is 13.2. The molecule has 3 aromatic heterocycles. The fourth-order valence-electron chi connectivity index (χ4n) is 3.54. The van der Waals surface area contributed by atoms with E-state index in [0.717, 1.165) is 6.07 Å². The van der Waals surface area contributed by atoms with Crippen LogP contribution in [-0.2, 0) is 10.9 Å². The maximum absolute atomic E-state index is 13.2. The van der Waals surface area contributed by atoms with E-state index < -0.39 is 29.3 Å². The minimum atomic E-state index is -4.61. The molecule has 1 amide bonds. The molecule has 0 aromatic carbocycles. The van der Waals surface area contributed by atoms with Crippen molar-refractivity contribution in [3.63, 3.8) is 0 Å². The lowest BCUT2D eigenvalue weighted by Crippen LogP contribution is -2.46. The molecule has 178 valence electrons. The van der Waals surface area contributed by atoms with Crippen LogP contribution in [0.1, 0.15) is 39.2 Å². The number of rotatable bonds is 3. The van der Waals surface area contributed by atoms with Gasteiger partial charge < -0.3 is 20.7 Å². The van der Waals surface area contributed by atoms with Gasteiger partial charge in [-0.15, -0.1) is 5.10 Å². The van der Waals surface area contributed by atoms with Crippen molar-refractivity contribution in [2.75, 3.05) is 23.7 Å². The number of hydrogen-bond acceptors (Lipinski definition) is 8. The van der Waals surface area contributed by atoms with Gasteiger partial charge in [-0.3, -0.25) is 0 Å². The zero-order valence-corrected chi connectivity index (χ0v) is 19.1. The van der Waals surface area contributed by atoms with Gasteiger partial charge in [0.1, 0.15) is 11.4 Å². The number of pyridine rings is 1. The number of alkyl halides is 3. The fraction of sp³-hybridized carbons (Fsp3) is 0.500. The number of nitrogens with one attached hydrogen (secondary N) is 1. The van der Waals surface area contributed by atoms with Crippen LogP contribution in [0.4, 0.5) is 28.9 Å². The van der Waals surface area contributed by atoms with Crippen LogP contribution >= 0.6 is 11.3 Å². The summed E-state index contributed by atoms with van der Waals surface area (Å²) in [5, 5.41) is 8.16.